The van der Waals surface area contributed by atoms with Crippen molar-refractivity contribution < 1.29 is 13.2 Å². The Morgan fingerprint density at radius 3 is 2.31 bits per heavy atom. The molecule has 4 heteroatoms. The van der Waals surface area contributed by atoms with Crippen LogP contribution in [0.4, 0.5) is 13.2 Å². The van der Waals surface area contributed by atoms with Crippen molar-refractivity contribution in [2.45, 2.75) is 51.4 Å². The molecule has 1 aromatic heterocycles. The Labute approximate surface area is 152 Å². The van der Waals surface area contributed by atoms with Gasteiger partial charge < -0.3 is 0 Å². The second-order valence-electron chi connectivity index (χ2n) is 6.98. The summed E-state index contributed by atoms with van der Waals surface area (Å²) in [5.74, 6) is 3.02. The standard InChI is InChI=1S/C22H22F3N/c1-2-3-15-4-9-17(10-5-15)18-11-6-16(7-12-18)8-13-19-14-20(23)22(25)26-21(19)24/h6-7,11-12,14-15,17H,2-5,9-10H2,1H3/t15-,17-. The lowest BCUT2D eigenvalue weighted by atomic mass is 9.77. The molecule has 3 rings (SSSR count). The molecule has 1 heterocycles. The molecule has 0 amide bonds. The lowest BCUT2D eigenvalue weighted by molar-refractivity contribution is 0.308. The summed E-state index contributed by atoms with van der Waals surface area (Å²) in [5, 5.41) is 0. The van der Waals surface area contributed by atoms with E-state index in [4.69, 9.17) is 0 Å². The molecule has 1 nitrogen and oxygen atoms in total. The van der Waals surface area contributed by atoms with E-state index in [2.05, 4.69) is 35.9 Å². The smallest absolute Gasteiger partial charge is 0.202 e. The number of hydrogen-bond donors (Lipinski definition) is 0. The second-order valence-corrected chi connectivity index (χ2v) is 6.98. The Morgan fingerprint density at radius 2 is 1.65 bits per heavy atom. The minimum atomic E-state index is -1.45. The van der Waals surface area contributed by atoms with Crippen molar-refractivity contribution in [3.63, 3.8) is 0 Å². The first kappa shape index (κ1) is 18.5. The third kappa shape index (κ3) is 4.46. The maximum atomic E-state index is 13.5. The van der Waals surface area contributed by atoms with Crippen LogP contribution in [0.1, 0.15) is 68.1 Å². The Balaban J connectivity index is 1.67. The first-order valence-electron chi connectivity index (χ1n) is 9.20. The van der Waals surface area contributed by atoms with Gasteiger partial charge in [0.15, 0.2) is 5.82 Å². The SMILES string of the molecule is CCC[C@H]1CC[C@H](c2ccc(C#Cc3cc(F)c(F)nc3F)cc2)CC1. The van der Waals surface area contributed by atoms with Gasteiger partial charge in [-0.2, -0.15) is 13.8 Å². The number of benzene rings is 1. The molecule has 1 aromatic carbocycles. The maximum absolute atomic E-state index is 13.5. The van der Waals surface area contributed by atoms with Gasteiger partial charge in [-0.15, -0.1) is 0 Å². The van der Waals surface area contributed by atoms with Crippen molar-refractivity contribution in [1.82, 2.24) is 4.98 Å². The molecule has 1 fully saturated rings. The number of hydrogen-bond acceptors (Lipinski definition) is 1. The highest BCUT2D eigenvalue weighted by Crippen LogP contribution is 2.37. The molecule has 26 heavy (non-hydrogen) atoms. The van der Waals surface area contributed by atoms with Crippen LogP contribution in [0.3, 0.4) is 0 Å². The highest BCUT2D eigenvalue weighted by molar-refractivity contribution is 5.43. The van der Waals surface area contributed by atoms with E-state index in [0.29, 0.717) is 11.5 Å². The summed E-state index contributed by atoms with van der Waals surface area (Å²) < 4.78 is 39.5. The molecule has 0 spiro atoms. The highest BCUT2D eigenvalue weighted by atomic mass is 19.2. The molecule has 0 N–H and O–H groups in total. The minimum Gasteiger partial charge on any atom is -0.202 e. The van der Waals surface area contributed by atoms with Crippen LogP contribution in [-0.4, -0.2) is 4.98 Å². The summed E-state index contributed by atoms with van der Waals surface area (Å²) in [7, 11) is 0. The van der Waals surface area contributed by atoms with Crippen LogP contribution in [0, 0.1) is 35.5 Å². The van der Waals surface area contributed by atoms with Crippen LogP contribution in [0.5, 0.6) is 0 Å². The zero-order chi connectivity index (χ0) is 18.5. The molecule has 136 valence electrons. The quantitative estimate of drug-likeness (QED) is 0.487. The van der Waals surface area contributed by atoms with E-state index in [1.54, 1.807) is 0 Å². The van der Waals surface area contributed by atoms with Crippen LogP contribution >= 0.6 is 0 Å². The summed E-state index contributed by atoms with van der Waals surface area (Å²) in [4.78, 5) is 2.87. The maximum Gasteiger partial charge on any atom is 0.251 e. The Hall–Kier alpha value is -2.28. The average Bonchev–Trinajstić information content (AvgIpc) is 2.65. The van der Waals surface area contributed by atoms with E-state index in [1.807, 2.05) is 12.1 Å². The van der Waals surface area contributed by atoms with E-state index < -0.39 is 17.7 Å². The fourth-order valence-electron chi connectivity index (χ4n) is 3.70. The number of aromatic nitrogens is 1. The molecule has 1 aliphatic rings. The van der Waals surface area contributed by atoms with Crippen LogP contribution in [0.25, 0.3) is 0 Å². The van der Waals surface area contributed by atoms with Crippen LogP contribution in [0.15, 0.2) is 30.3 Å². The normalized spacial score (nSPS) is 19.7. The van der Waals surface area contributed by atoms with Crippen molar-refractivity contribution in [3.05, 3.63) is 64.7 Å². The average molecular weight is 357 g/mol. The number of pyridine rings is 1. The van der Waals surface area contributed by atoms with Crippen molar-refractivity contribution in [2.75, 3.05) is 0 Å². The third-order valence-electron chi connectivity index (χ3n) is 5.15. The molecule has 1 saturated carbocycles. The van der Waals surface area contributed by atoms with Crippen molar-refractivity contribution in [3.8, 4) is 11.8 Å². The molecule has 0 unspecified atom stereocenters. The minimum absolute atomic E-state index is 0.248. The summed E-state index contributed by atoms with van der Waals surface area (Å²) in [6.45, 7) is 2.24. The van der Waals surface area contributed by atoms with Crippen molar-refractivity contribution >= 4 is 0 Å². The predicted octanol–water partition coefficient (Wildman–Crippen LogP) is 5.97. The number of nitrogens with zero attached hydrogens (tertiary/aromatic N) is 1. The van der Waals surface area contributed by atoms with Crippen LogP contribution < -0.4 is 0 Å². The Bertz CT molecular complexity index is 810. The van der Waals surface area contributed by atoms with Crippen LogP contribution in [-0.2, 0) is 0 Å². The fraction of sp³-hybridized carbons (Fsp3) is 0.409. The lowest BCUT2D eigenvalue weighted by Gasteiger charge is -2.28. The molecule has 0 aliphatic heterocycles. The van der Waals surface area contributed by atoms with E-state index in [9.17, 15) is 13.2 Å². The molecular weight excluding hydrogens is 335 g/mol. The zero-order valence-corrected chi connectivity index (χ0v) is 14.9. The first-order chi connectivity index (χ1) is 12.6. The second kappa shape index (κ2) is 8.40. The zero-order valence-electron chi connectivity index (χ0n) is 14.9. The van der Waals surface area contributed by atoms with E-state index in [0.717, 1.165) is 12.0 Å². The van der Waals surface area contributed by atoms with Crippen molar-refractivity contribution in [2.24, 2.45) is 5.92 Å². The van der Waals surface area contributed by atoms with Gasteiger partial charge in [0.2, 0.25) is 5.95 Å². The van der Waals surface area contributed by atoms with Gasteiger partial charge in [-0.25, -0.2) is 4.39 Å². The molecular formula is C22H22F3N. The van der Waals surface area contributed by atoms with Gasteiger partial charge in [0.1, 0.15) is 0 Å². The van der Waals surface area contributed by atoms with E-state index in [1.165, 1.54) is 44.1 Å². The van der Waals surface area contributed by atoms with Gasteiger partial charge in [0.25, 0.3) is 5.95 Å². The summed E-state index contributed by atoms with van der Waals surface area (Å²) >= 11 is 0. The number of rotatable bonds is 3. The van der Waals surface area contributed by atoms with E-state index in [-0.39, 0.29) is 5.56 Å². The van der Waals surface area contributed by atoms with Gasteiger partial charge in [0.05, 0.1) is 5.56 Å². The van der Waals surface area contributed by atoms with Crippen molar-refractivity contribution in [1.29, 1.82) is 0 Å². The van der Waals surface area contributed by atoms with Gasteiger partial charge in [-0.1, -0.05) is 43.7 Å². The fourth-order valence-corrected chi connectivity index (χ4v) is 3.70. The molecule has 2 aromatic rings. The summed E-state index contributed by atoms with van der Waals surface area (Å²) in [6.07, 6.45) is 7.63. The van der Waals surface area contributed by atoms with Gasteiger partial charge in [-0.3, -0.25) is 0 Å². The molecule has 0 bridgehead atoms. The van der Waals surface area contributed by atoms with Gasteiger partial charge >= 0.3 is 0 Å². The third-order valence-corrected chi connectivity index (χ3v) is 5.15. The van der Waals surface area contributed by atoms with Gasteiger partial charge in [-0.05, 0) is 61.3 Å². The Kier molecular flexibility index (Phi) is 5.98. The number of halogens is 3. The highest BCUT2D eigenvalue weighted by Gasteiger charge is 2.21. The van der Waals surface area contributed by atoms with Gasteiger partial charge in [0, 0.05) is 5.56 Å². The van der Waals surface area contributed by atoms with E-state index >= 15 is 0 Å². The Morgan fingerprint density at radius 1 is 0.962 bits per heavy atom. The van der Waals surface area contributed by atoms with Crippen LogP contribution in [0.2, 0.25) is 0 Å². The monoisotopic (exact) mass is 357 g/mol. The largest absolute Gasteiger partial charge is 0.251 e. The molecule has 1 aliphatic carbocycles. The first-order valence-corrected chi connectivity index (χ1v) is 9.20. The topological polar surface area (TPSA) is 12.9 Å². The lowest BCUT2D eigenvalue weighted by Crippen LogP contribution is -2.13. The molecule has 0 atom stereocenters. The summed E-state index contributed by atoms with van der Waals surface area (Å²) in [6, 6.07) is 8.65. The summed E-state index contributed by atoms with van der Waals surface area (Å²) in [5.41, 5.74) is 1.77. The predicted molar refractivity (Wildman–Crippen MR) is 96.1 cm³/mol. The molecule has 0 radical (unpaired) electrons. The molecule has 0 saturated heterocycles.